The van der Waals surface area contributed by atoms with E-state index in [4.69, 9.17) is 11.6 Å². The fourth-order valence-electron chi connectivity index (χ4n) is 2.55. The van der Waals surface area contributed by atoms with Gasteiger partial charge in [-0.25, -0.2) is 4.39 Å². The zero-order chi connectivity index (χ0) is 15.5. The normalized spacial score (nSPS) is 14.5. The molecule has 0 aliphatic carbocycles. The molecule has 2 aromatic rings. The van der Waals surface area contributed by atoms with Crippen LogP contribution in [-0.2, 0) is 6.54 Å². The predicted octanol–water partition coefficient (Wildman–Crippen LogP) is 4.08. The van der Waals surface area contributed by atoms with Crippen molar-refractivity contribution >= 4 is 17.4 Å². The molecular weight excluding hydrogens is 301 g/mol. The molecule has 22 heavy (non-hydrogen) atoms. The average molecular weight is 316 g/mol. The first-order valence-corrected chi connectivity index (χ1v) is 7.47. The first-order valence-electron chi connectivity index (χ1n) is 7.09. The minimum atomic E-state index is -0.447. The summed E-state index contributed by atoms with van der Waals surface area (Å²) in [5.41, 5.74) is 1.97. The predicted molar refractivity (Wildman–Crippen MR) is 85.7 cm³/mol. The van der Waals surface area contributed by atoms with Crippen LogP contribution < -0.4 is 0 Å². The highest BCUT2D eigenvalue weighted by atomic mass is 35.5. The number of rotatable bonds is 4. The zero-order valence-electron chi connectivity index (χ0n) is 11.9. The molecule has 2 aromatic carbocycles. The maximum absolute atomic E-state index is 13.1. The van der Waals surface area contributed by atoms with Crippen LogP contribution in [-0.4, -0.2) is 23.8 Å². The molecule has 0 fully saturated rings. The lowest BCUT2D eigenvalue weighted by Gasteiger charge is -2.15. The number of halogens is 2. The second-order valence-electron chi connectivity index (χ2n) is 5.32. The Hall–Kier alpha value is -1.97. The van der Waals surface area contributed by atoms with Crippen molar-refractivity contribution in [3.8, 4) is 0 Å². The summed E-state index contributed by atoms with van der Waals surface area (Å²) >= 11 is 5.97. The van der Waals surface area contributed by atoms with Crippen LogP contribution in [0.25, 0.3) is 0 Å². The van der Waals surface area contributed by atoms with Crippen molar-refractivity contribution < 1.29 is 9.18 Å². The van der Waals surface area contributed by atoms with E-state index in [1.54, 1.807) is 6.07 Å². The van der Waals surface area contributed by atoms with Crippen molar-refractivity contribution in [3.63, 3.8) is 0 Å². The van der Waals surface area contributed by atoms with Crippen molar-refractivity contribution in [2.24, 2.45) is 0 Å². The fraction of sp³-hybridized carbons (Fsp3) is 0.167. The molecule has 2 nitrogen and oxygen atoms in total. The molecule has 0 saturated carbocycles. The molecule has 0 N–H and O–H groups in total. The quantitative estimate of drug-likeness (QED) is 0.626. The lowest BCUT2D eigenvalue weighted by molar-refractivity contribution is 0.103. The molecule has 0 unspecified atom stereocenters. The number of nitrogens with zero attached hydrogens (tertiary/aromatic N) is 1. The Morgan fingerprint density at radius 1 is 1.14 bits per heavy atom. The molecule has 3 rings (SSSR count). The number of ketones is 1. The third kappa shape index (κ3) is 3.26. The lowest BCUT2D eigenvalue weighted by Crippen LogP contribution is -2.19. The van der Waals surface area contributed by atoms with E-state index in [1.807, 2.05) is 18.2 Å². The summed E-state index contributed by atoms with van der Waals surface area (Å²) in [6.45, 7) is 2.66. The van der Waals surface area contributed by atoms with Crippen LogP contribution in [0.1, 0.15) is 21.5 Å². The first-order chi connectivity index (χ1) is 10.6. The topological polar surface area (TPSA) is 20.3 Å². The molecule has 0 saturated heterocycles. The Labute approximate surface area is 133 Å². The summed E-state index contributed by atoms with van der Waals surface area (Å²) in [6, 6.07) is 11.3. The highest BCUT2D eigenvalue weighted by Gasteiger charge is 2.15. The van der Waals surface area contributed by atoms with E-state index in [1.165, 1.54) is 12.1 Å². The Kier molecular flexibility index (Phi) is 4.36. The Balaban J connectivity index is 1.83. The Morgan fingerprint density at radius 2 is 1.91 bits per heavy atom. The SMILES string of the molecule is O=C(c1cccc(CN2CC=CC2)c1)c1ccc(F)cc1Cl. The molecule has 1 aliphatic rings. The number of hydrogen-bond acceptors (Lipinski definition) is 2. The molecule has 0 spiro atoms. The number of carbonyl (C=O) groups excluding carboxylic acids is 1. The lowest BCUT2D eigenvalue weighted by atomic mass is 10.0. The van der Waals surface area contributed by atoms with Gasteiger partial charge in [-0.05, 0) is 29.8 Å². The number of hydrogen-bond donors (Lipinski definition) is 0. The summed E-state index contributed by atoms with van der Waals surface area (Å²) in [6.07, 6.45) is 4.26. The van der Waals surface area contributed by atoms with E-state index in [9.17, 15) is 9.18 Å². The van der Waals surface area contributed by atoms with E-state index < -0.39 is 5.82 Å². The Morgan fingerprint density at radius 3 is 2.64 bits per heavy atom. The first kappa shape index (κ1) is 14.9. The van der Waals surface area contributed by atoms with Crippen molar-refractivity contribution in [1.29, 1.82) is 0 Å². The van der Waals surface area contributed by atoms with Crippen molar-refractivity contribution in [2.75, 3.05) is 13.1 Å². The third-order valence-electron chi connectivity index (χ3n) is 3.66. The molecule has 0 amide bonds. The minimum Gasteiger partial charge on any atom is -0.292 e. The summed E-state index contributed by atoms with van der Waals surface area (Å²) in [7, 11) is 0. The van der Waals surface area contributed by atoms with E-state index in [2.05, 4.69) is 17.1 Å². The molecular formula is C18H15ClFNO. The second-order valence-corrected chi connectivity index (χ2v) is 5.73. The van der Waals surface area contributed by atoms with Crippen LogP contribution in [0.5, 0.6) is 0 Å². The molecule has 1 aliphatic heterocycles. The van der Waals surface area contributed by atoms with Crippen LogP contribution >= 0.6 is 11.6 Å². The van der Waals surface area contributed by atoms with E-state index in [0.717, 1.165) is 31.3 Å². The molecule has 0 atom stereocenters. The molecule has 0 aromatic heterocycles. The maximum atomic E-state index is 13.1. The van der Waals surface area contributed by atoms with Gasteiger partial charge in [-0.1, -0.05) is 42.0 Å². The molecule has 112 valence electrons. The van der Waals surface area contributed by atoms with Gasteiger partial charge in [0.05, 0.1) is 5.02 Å². The smallest absolute Gasteiger partial charge is 0.194 e. The van der Waals surface area contributed by atoms with Crippen LogP contribution in [0.15, 0.2) is 54.6 Å². The van der Waals surface area contributed by atoms with Gasteiger partial charge < -0.3 is 0 Å². The van der Waals surface area contributed by atoms with Crippen LogP contribution in [0, 0.1) is 5.82 Å². The molecule has 0 radical (unpaired) electrons. The standard InChI is InChI=1S/C18H15ClFNO/c19-17-11-15(20)6-7-16(17)18(22)14-5-3-4-13(10-14)12-21-8-1-2-9-21/h1-7,10-11H,8-9,12H2. The minimum absolute atomic E-state index is 0.138. The van der Waals surface area contributed by atoms with Crippen LogP contribution in [0.4, 0.5) is 4.39 Å². The van der Waals surface area contributed by atoms with E-state index >= 15 is 0 Å². The summed E-state index contributed by atoms with van der Waals surface area (Å²) < 4.78 is 13.1. The van der Waals surface area contributed by atoms with Gasteiger partial charge in [0, 0.05) is 30.8 Å². The second kappa shape index (κ2) is 6.42. The van der Waals surface area contributed by atoms with Crippen molar-refractivity contribution in [2.45, 2.75) is 6.54 Å². The third-order valence-corrected chi connectivity index (χ3v) is 3.98. The maximum Gasteiger partial charge on any atom is 0.194 e. The average Bonchev–Trinajstić information content (AvgIpc) is 3.00. The van der Waals surface area contributed by atoms with Gasteiger partial charge in [-0.2, -0.15) is 0 Å². The molecule has 0 bridgehead atoms. The summed E-state index contributed by atoms with van der Waals surface area (Å²) in [4.78, 5) is 14.8. The van der Waals surface area contributed by atoms with Gasteiger partial charge in [-0.15, -0.1) is 0 Å². The Bertz CT molecular complexity index is 734. The van der Waals surface area contributed by atoms with Crippen molar-refractivity contribution in [1.82, 2.24) is 4.90 Å². The van der Waals surface area contributed by atoms with Gasteiger partial charge in [-0.3, -0.25) is 9.69 Å². The molecule has 1 heterocycles. The summed E-state index contributed by atoms with van der Waals surface area (Å²) in [5.74, 6) is -0.636. The van der Waals surface area contributed by atoms with E-state index in [-0.39, 0.29) is 10.8 Å². The highest BCUT2D eigenvalue weighted by molar-refractivity contribution is 6.35. The van der Waals surface area contributed by atoms with Gasteiger partial charge in [0.2, 0.25) is 0 Å². The monoisotopic (exact) mass is 315 g/mol. The van der Waals surface area contributed by atoms with Gasteiger partial charge >= 0.3 is 0 Å². The van der Waals surface area contributed by atoms with Crippen molar-refractivity contribution in [3.05, 3.63) is 82.1 Å². The fourth-order valence-corrected chi connectivity index (χ4v) is 2.80. The number of benzene rings is 2. The van der Waals surface area contributed by atoms with Crippen LogP contribution in [0.3, 0.4) is 0 Å². The van der Waals surface area contributed by atoms with Gasteiger partial charge in [0.25, 0.3) is 0 Å². The van der Waals surface area contributed by atoms with Crippen LogP contribution in [0.2, 0.25) is 5.02 Å². The van der Waals surface area contributed by atoms with Gasteiger partial charge in [0.15, 0.2) is 5.78 Å². The van der Waals surface area contributed by atoms with Gasteiger partial charge in [0.1, 0.15) is 5.82 Å². The molecule has 4 heteroatoms. The largest absolute Gasteiger partial charge is 0.292 e. The van der Waals surface area contributed by atoms with E-state index in [0.29, 0.717) is 11.1 Å². The highest BCUT2D eigenvalue weighted by Crippen LogP contribution is 2.21. The summed E-state index contributed by atoms with van der Waals surface area (Å²) in [5, 5.41) is 0.138. The number of carbonyl (C=O) groups is 1. The zero-order valence-corrected chi connectivity index (χ0v) is 12.7.